The molecule has 0 aliphatic carbocycles. The summed E-state index contributed by atoms with van der Waals surface area (Å²) in [7, 11) is 0. The van der Waals surface area contributed by atoms with Crippen LogP contribution in [0.1, 0.15) is 0 Å². The van der Waals surface area contributed by atoms with Gasteiger partial charge in [-0.2, -0.15) is 5.10 Å². The fraction of sp³-hybridized carbons (Fsp3) is 0. The molecular weight excluding hydrogens is 174 g/mol. The van der Waals surface area contributed by atoms with Gasteiger partial charge in [0.1, 0.15) is 0 Å². The predicted octanol–water partition coefficient (Wildman–Crippen LogP) is 2.13. The summed E-state index contributed by atoms with van der Waals surface area (Å²) in [6.45, 7) is 0. The Morgan fingerprint density at radius 2 is 2.25 bits per heavy atom. The molecule has 1 N–H and O–H groups in total. The van der Waals surface area contributed by atoms with Crippen molar-refractivity contribution in [2.75, 3.05) is 0 Å². The van der Waals surface area contributed by atoms with Gasteiger partial charge >= 0.3 is 0 Å². The topological polar surface area (TPSA) is 41.6 Å². The maximum absolute atomic E-state index is 5.85. The Balaban J connectivity index is 2.51. The zero-order valence-corrected chi connectivity index (χ0v) is 6.92. The van der Waals surface area contributed by atoms with Gasteiger partial charge < -0.3 is 0 Å². The molecule has 0 radical (unpaired) electrons. The van der Waals surface area contributed by atoms with Crippen LogP contribution in [0.4, 0.5) is 0 Å². The second-order valence-electron chi connectivity index (χ2n) is 2.33. The monoisotopic (exact) mass is 179 g/mol. The number of nitrogens with zero attached hydrogens (tertiary/aromatic N) is 2. The summed E-state index contributed by atoms with van der Waals surface area (Å²) in [5.74, 6) is 0. The molecule has 0 aliphatic rings. The highest BCUT2D eigenvalue weighted by Crippen LogP contribution is 2.23. The van der Waals surface area contributed by atoms with Gasteiger partial charge in [-0.15, -0.1) is 0 Å². The van der Waals surface area contributed by atoms with Crippen LogP contribution in [0.25, 0.3) is 11.3 Å². The zero-order valence-electron chi connectivity index (χ0n) is 6.16. The van der Waals surface area contributed by atoms with Gasteiger partial charge in [-0.25, -0.2) is 0 Å². The van der Waals surface area contributed by atoms with Crippen molar-refractivity contribution in [3.63, 3.8) is 0 Å². The van der Waals surface area contributed by atoms with E-state index < -0.39 is 0 Å². The molecule has 0 spiro atoms. The van der Waals surface area contributed by atoms with Gasteiger partial charge in [0.2, 0.25) is 0 Å². The third-order valence-corrected chi connectivity index (χ3v) is 1.83. The van der Waals surface area contributed by atoms with Crippen LogP contribution in [0.5, 0.6) is 0 Å². The number of aromatic nitrogens is 3. The molecule has 0 saturated heterocycles. The molecule has 2 rings (SSSR count). The number of rotatable bonds is 1. The molecule has 0 bridgehead atoms. The van der Waals surface area contributed by atoms with Crippen molar-refractivity contribution in [3.05, 3.63) is 35.7 Å². The summed E-state index contributed by atoms with van der Waals surface area (Å²) in [6.07, 6.45) is 5.02. The van der Waals surface area contributed by atoms with Crippen molar-refractivity contribution >= 4 is 11.6 Å². The minimum Gasteiger partial charge on any atom is -0.276 e. The Morgan fingerprint density at radius 3 is 2.83 bits per heavy atom. The average Bonchev–Trinajstić information content (AvgIpc) is 2.53. The summed E-state index contributed by atoms with van der Waals surface area (Å²) >= 11 is 5.85. The van der Waals surface area contributed by atoms with Crippen molar-refractivity contribution in [2.24, 2.45) is 0 Å². The smallest absolute Gasteiger partial charge is 0.0863 e. The minimum absolute atomic E-state index is 0.614. The SMILES string of the molecule is Clc1cn[nH]c1-c1cccnc1. The van der Waals surface area contributed by atoms with E-state index in [1.54, 1.807) is 18.6 Å². The summed E-state index contributed by atoms with van der Waals surface area (Å²) in [6, 6.07) is 3.78. The molecular formula is C8H6ClN3. The van der Waals surface area contributed by atoms with Gasteiger partial charge in [-0.05, 0) is 12.1 Å². The molecule has 60 valence electrons. The van der Waals surface area contributed by atoms with Gasteiger partial charge in [0.25, 0.3) is 0 Å². The molecule has 3 nitrogen and oxygen atoms in total. The number of aromatic amines is 1. The van der Waals surface area contributed by atoms with E-state index in [1.807, 2.05) is 12.1 Å². The molecule has 4 heteroatoms. The molecule has 0 saturated carbocycles. The molecule has 2 aromatic heterocycles. The highest BCUT2D eigenvalue weighted by atomic mass is 35.5. The maximum Gasteiger partial charge on any atom is 0.0863 e. The second kappa shape index (κ2) is 2.95. The molecule has 0 atom stereocenters. The van der Waals surface area contributed by atoms with Crippen LogP contribution in [0.2, 0.25) is 5.02 Å². The molecule has 12 heavy (non-hydrogen) atoms. The fourth-order valence-corrected chi connectivity index (χ4v) is 1.18. The first kappa shape index (κ1) is 7.31. The Morgan fingerprint density at radius 1 is 1.33 bits per heavy atom. The van der Waals surface area contributed by atoms with Crippen LogP contribution in [-0.2, 0) is 0 Å². The van der Waals surface area contributed by atoms with Crippen LogP contribution in [0, 0.1) is 0 Å². The molecule has 0 fully saturated rings. The number of H-pyrrole nitrogens is 1. The van der Waals surface area contributed by atoms with Crippen molar-refractivity contribution in [3.8, 4) is 11.3 Å². The van der Waals surface area contributed by atoms with Crippen LogP contribution in [0.3, 0.4) is 0 Å². The number of hydrogen-bond acceptors (Lipinski definition) is 2. The van der Waals surface area contributed by atoms with E-state index in [0.717, 1.165) is 11.3 Å². The first-order valence-electron chi connectivity index (χ1n) is 3.47. The van der Waals surface area contributed by atoms with Crippen LogP contribution in [-0.4, -0.2) is 15.2 Å². The van der Waals surface area contributed by atoms with Crippen LogP contribution >= 0.6 is 11.6 Å². The fourth-order valence-electron chi connectivity index (χ4n) is 0.985. The Bertz CT molecular complexity index is 369. The third-order valence-electron chi connectivity index (χ3n) is 1.54. The van der Waals surface area contributed by atoms with Crippen LogP contribution < -0.4 is 0 Å². The van der Waals surface area contributed by atoms with E-state index in [2.05, 4.69) is 15.2 Å². The molecule has 2 aromatic rings. The standard InChI is InChI=1S/C8H6ClN3/c9-7-5-11-12-8(7)6-2-1-3-10-4-6/h1-5H,(H,11,12). The largest absolute Gasteiger partial charge is 0.276 e. The number of hydrogen-bond donors (Lipinski definition) is 1. The lowest BCUT2D eigenvalue weighted by Crippen LogP contribution is -1.79. The van der Waals surface area contributed by atoms with Crippen molar-refractivity contribution < 1.29 is 0 Å². The number of nitrogens with one attached hydrogen (secondary N) is 1. The van der Waals surface area contributed by atoms with Crippen molar-refractivity contribution in [2.45, 2.75) is 0 Å². The highest BCUT2D eigenvalue weighted by Gasteiger charge is 2.03. The van der Waals surface area contributed by atoms with E-state index >= 15 is 0 Å². The minimum atomic E-state index is 0.614. The van der Waals surface area contributed by atoms with Gasteiger partial charge in [0, 0.05) is 18.0 Å². The number of halogens is 1. The summed E-state index contributed by atoms with van der Waals surface area (Å²) in [5, 5.41) is 7.23. The lowest BCUT2D eigenvalue weighted by molar-refractivity contribution is 1.09. The average molecular weight is 180 g/mol. The first-order chi connectivity index (χ1) is 5.88. The summed E-state index contributed by atoms with van der Waals surface area (Å²) < 4.78 is 0. The van der Waals surface area contributed by atoms with Gasteiger partial charge in [0.05, 0.1) is 16.9 Å². The van der Waals surface area contributed by atoms with Gasteiger partial charge in [-0.1, -0.05) is 11.6 Å². The normalized spacial score (nSPS) is 10.1. The molecule has 2 heterocycles. The molecule has 0 unspecified atom stereocenters. The molecule has 0 aromatic carbocycles. The predicted molar refractivity (Wildman–Crippen MR) is 46.8 cm³/mol. The van der Waals surface area contributed by atoms with E-state index in [9.17, 15) is 0 Å². The molecule has 0 aliphatic heterocycles. The Labute approximate surface area is 74.4 Å². The molecule has 0 amide bonds. The van der Waals surface area contributed by atoms with Crippen molar-refractivity contribution in [1.29, 1.82) is 0 Å². The van der Waals surface area contributed by atoms with Gasteiger partial charge in [0.15, 0.2) is 0 Å². The quantitative estimate of drug-likeness (QED) is 0.729. The summed E-state index contributed by atoms with van der Waals surface area (Å²) in [5.41, 5.74) is 1.75. The van der Waals surface area contributed by atoms with E-state index in [4.69, 9.17) is 11.6 Å². The lowest BCUT2D eigenvalue weighted by atomic mass is 10.2. The Hall–Kier alpha value is -1.35. The van der Waals surface area contributed by atoms with Crippen LogP contribution in [0.15, 0.2) is 30.7 Å². The second-order valence-corrected chi connectivity index (χ2v) is 2.74. The highest BCUT2D eigenvalue weighted by molar-refractivity contribution is 6.32. The lowest BCUT2D eigenvalue weighted by Gasteiger charge is -1.95. The maximum atomic E-state index is 5.85. The van der Waals surface area contributed by atoms with Gasteiger partial charge in [-0.3, -0.25) is 10.1 Å². The van der Waals surface area contributed by atoms with E-state index in [-0.39, 0.29) is 0 Å². The third kappa shape index (κ3) is 1.19. The van der Waals surface area contributed by atoms with E-state index in [1.165, 1.54) is 0 Å². The Kier molecular flexibility index (Phi) is 1.80. The summed E-state index contributed by atoms with van der Waals surface area (Å²) in [4.78, 5) is 3.98. The van der Waals surface area contributed by atoms with E-state index in [0.29, 0.717) is 5.02 Å². The number of pyridine rings is 1. The zero-order chi connectivity index (χ0) is 8.39. The first-order valence-corrected chi connectivity index (χ1v) is 3.85. The van der Waals surface area contributed by atoms with Crippen molar-refractivity contribution in [1.82, 2.24) is 15.2 Å².